The summed E-state index contributed by atoms with van der Waals surface area (Å²) in [5.41, 5.74) is 1.19. The Morgan fingerprint density at radius 1 is 1.44 bits per heavy atom. The molecule has 0 amide bonds. The summed E-state index contributed by atoms with van der Waals surface area (Å²) in [5, 5.41) is 3.36. The first-order chi connectivity index (χ1) is 8.61. The van der Waals surface area contributed by atoms with Crippen molar-refractivity contribution >= 4 is 10.8 Å². The van der Waals surface area contributed by atoms with E-state index in [0.717, 1.165) is 25.3 Å². The van der Waals surface area contributed by atoms with Crippen molar-refractivity contribution in [1.82, 2.24) is 5.32 Å². The Kier molecular flexibility index (Phi) is 6.98. The molecule has 0 aromatic heterocycles. The maximum atomic E-state index is 11.1. The molecule has 18 heavy (non-hydrogen) atoms. The summed E-state index contributed by atoms with van der Waals surface area (Å²) in [6.45, 7) is 5.68. The molecule has 0 heterocycles. The third kappa shape index (κ3) is 6.17. The molecule has 2 unspecified atom stereocenters. The normalized spacial score (nSPS) is 14.2. The van der Waals surface area contributed by atoms with E-state index in [1.807, 2.05) is 12.1 Å². The van der Waals surface area contributed by atoms with E-state index in [9.17, 15) is 4.21 Å². The average Bonchev–Trinajstić information content (AvgIpc) is 2.33. The van der Waals surface area contributed by atoms with E-state index in [1.54, 1.807) is 6.26 Å². The monoisotopic (exact) mass is 269 g/mol. The van der Waals surface area contributed by atoms with Gasteiger partial charge in [0.2, 0.25) is 0 Å². The fourth-order valence-electron chi connectivity index (χ4n) is 1.67. The number of benzene rings is 1. The molecule has 1 aromatic carbocycles. The zero-order valence-electron chi connectivity index (χ0n) is 11.4. The molecule has 0 aliphatic heterocycles. The average molecular weight is 269 g/mol. The minimum absolute atomic E-state index is 0.260. The molecule has 0 radical (unpaired) electrons. The summed E-state index contributed by atoms with van der Waals surface area (Å²) in [4.78, 5) is 0. The van der Waals surface area contributed by atoms with Crippen LogP contribution in [-0.4, -0.2) is 28.9 Å². The number of nitrogens with one attached hydrogen (secondary N) is 1. The van der Waals surface area contributed by atoms with Crippen molar-refractivity contribution in [2.75, 3.05) is 18.6 Å². The van der Waals surface area contributed by atoms with Crippen LogP contribution in [0.1, 0.15) is 25.8 Å². The van der Waals surface area contributed by atoms with E-state index in [4.69, 9.17) is 4.74 Å². The lowest BCUT2D eigenvalue weighted by Crippen LogP contribution is -2.30. The van der Waals surface area contributed by atoms with Crippen molar-refractivity contribution in [3.8, 4) is 5.75 Å². The van der Waals surface area contributed by atoms with Crippen LogP contribution in [-0.2, 0) is 17.3 Å². The molecule has 0 saturated heterocycles. The SMILES string of the molecule is CCCOc1cccc(CNC(C)CS(C)=O)c1. The highest BCUT2D eigenvalue weighted by Crippen LogP contribution is 2.13. The molecule has 2 atom stereocenters. The van der Waals surface area contributed by atoms with Gasteiger partial charge in [-0.1, -0.05) is 19.1 Å². The van der Waals surface area contributed by atoms with Crippen LogP contribution in [0.2, 0.25) is 0 Å². The van der Waals surface area contributed by atoms with Crippen LogP contribution >= 0.6 is 0 Å². The molecule has 0 fully saturated rings. The summed E-state index contributed by atoms with van der Waals surface area (Å²) in [6.07, 6.45) is 2.75. The van der Waals surface area contributed by atoms with Gasteiger partial charge in [0, 0.05) is 35.4 Å². The summed E-state index contributed by atoms with van der Waals surface area (Å²) < 4.78 is 16.7. The zero-order chi connectivity index (χ0) is 13.4. The fraction of sp³-hybridized carbons (Fsp3) is 0.571. The van der Waals surface area contributed by atoms with Crippen LogP contribution < -0.4 is 10.1 Å². The highest BCUT2D eigenvalue weighted by Gasteiger charge is 2.04. The van der Waals surface area contributed by atoms with Gasteiger partial charge in [-0.15, -0.1) is 0 Å². The van der Waals surface area contributed by atoms with E-state index >= 15 is 0 Å². The standard InChI is InChI=1S/C14H23NO2S/c1-4-8-17-14-7-5-6-13(9-14)10-15-12(2)11-18(3)16/h5-7,9,12,15H,4,8,10-11H2,1-3H3. The summed E-state index contributed by atoms with van der Waals surface area (Å²) in [6, 6.07) is 8.37. The quantitative estimate of drug-likeness (QED) is 0.787. The molecule has 1 aromatic rings. The first kappa shape index (κ1) is 15.2. The van der Waals surface area contributed by atoms with E-state index in [0.29, 0.717) is 5.75 Å². The first-order valence-electron chi connectivity index (χ1n) is 6.37. The smallest absolute Gasteiger partial charge is 0.119 e. The highest BCUT2D eigenvalue weighted by molar-refractivity contribution is 7.84. The third-order valence-electron chi connectivity index (χ3n) is 2.51. The van der Waals surface area contributed by atoms with E-state index < -0.39 is 10.8 Å². The first-order valence-corrected chi connectivity index (χ1v) is 8.09. The van der Waals surface area contributed by atoms with Gasteiger partial charge in [-0.3, -0.25) is 4.21 Å². The van der Waals surface area contributed by atoms with Gasteiger partial charge in [-0.05, 0) is 31.0 Å². The Morgan fingerprint density at radius 2 is 2.22 bits per heavy atom. The molecule has 0 saturated carbocycles. The number of rotatable bonds is 8. The number of hydrogen-bond donors (Lipinski definition) is 1. The van der Waals surface area contributed by atoms with E-state index in [-0.39, 0.29) is 6.04 Å². The Hall–Kier alpha value is -0.870. The van der Waals surface area contributed by atoms with Crippen molar-refractivity contribution in [3.05, 3.63) is 29.8 Å². The van der Waals surface area contributed by atoms with E-state index in [2.05, 4.69) is 31.3 Å². The molecule has 1 rings (SSSR count). The van der Waals surface area contributed by atoms with Crippen LogP contribution in [0.3, 0.4) is 0 Å². The van der Waals surface area contributed by atoms with Gasteiger partial charge in [0.15, 0.2) is 0 Å². The van der Waals surface area contributed by atoms with Crippen molar-refractivity contribution in [3.63, 3.8) is 0 Å². The molecule has 0 aliphatic rings. The van der Waals surface area contributed by atoms with Gasteiger partial charge < -0.3 is 10.1 Å². The Balaban J connectivity index is 2.44. The highest BCUT2D eigenvalue weighted by atomic mass is 32.2. The van der Waals surface area contributed by atoms with Crippen molar-refractivity contribution in [1.29, 1.82) is 0 Å². The summed E-state index contributed by atoms with van der Waals surface area (Å²) in [5.74, 6) is 1.61. The maximum absolute atomic E-state index is 11.1. The minimum Gasteiger partial charge on any atom is -0.494 e. The molecular weight excluding hydrogens is 246 g/mol. The fourth-order valence-corrected chi connectivity index (χ4v) is 2.49. The van der Waals surface area contributed by atoms with Crippen molar-refractivity contribution in [2.45, 2.75) is 32.9 Å². The van der Waals surface area contributed by atoms with Crippen LogP contribution in [0.4, 0.5) is 0 Å². The Labute approximate surface area is 112 Å². The maximum Gasteiger partial charge on any atom is 0.119 e. The topological polar surface area (TPSA) is 38.3 Å². The molecule has 3 nitrogen and oxygen atoms in total. The second-order valence-electron chi connectivity index (χ2n) is 4.52. The van der Waals surface area contributed by atoms with Gasteiger partial charge in [0.05, 0.1) is 6.61 Å². The largest absolute Gasteiger partial charge is 0.494 e. The summed E-state index contributed by atoms with van der Waals surface area (Å²) >= 11 is 0. The second kappa shape index (κ2) is 8.27. The van der Waals surface area contributed by atoms with Crippen LogP contribution in [0.5, 0.6) is 5.75 Å². The summed E-state index contributed by atoms with van der Waals surface area (Å²) in [7, 11) is -0.749. The van der Waals surface area contributed by atoms with Crippen LogP contribution in [0.25, 0.3) is 0 Å². The predicted octanol–water partition coefficient (Wildman–Crippen LogP) is 2.33. The van der Waals surface area contributed by atoms with Gasteiger partial charge in [-0.2, -0.15) is 0 Å². The lowest BCUT2D eigenvalue weighted by molar-refractivity contribution is 0.317. The lowest BCUT2D eigenvalue weighted by atomic mass is 10.2. The molecular formula is C14H23NO2S. The van der Waals surface area contributed by atoms with E-state index in [1.165, 1.54) is 5.56 Å². The van der Waals surface area contributed by atoms with Crippen LogP contribution in [0.15, 0.2) is 24.3 Å². The van der Waals surface area contributed by atoms with Gasteiger partial charge in [-0.25, -0.2) is 0 Å². The zero-order valence-corrected chi connectivity index (χ0v) is 12.3. The minimum atomic E-state index is -0.749. The van der Waals surface area contributed by atoms with Gasteiger partial charge in [0.25, 0.3) is 0 Å². The van der Waals surface area contributed by atoms with Gasteiger partial charge >= 0.3 is 0 Å². The van der Waals surface area contributed by atoms with Crippen molar-refractivity contribution in [2.24, 2.45) is 0 Å². The molecule has 0 aliphatic carbocycles. The molecule has 4 heteroatoms. The number of ether oxygens (including phenoxy) is 1. The second-order valence-corrected chi connectivity index (χ2v) is 6.00. The molecule has 1 N–H and O–H groups in total. The Bertz CT molecular complexity index is 382. The Morgan fingerprint density at radius 3 is 2.89 bits per heavy atom. The molecule has 0 spiro atoms. The van der Waals surface area contributed by atoms with Crippen LogP contribution in [0, 0.1) is 0 Å². The lowest BCUT2D eigenvalue weighted by Gasteiger charge is -2.13. The van der Waals surface area contributed by atoms with Crippen molar-refractivity contribution < 1.29 is 8.95 Å². The number of hydrogen-bond acceptors (Lipinski definition) is 3. The molecule has 102 valence electrons. The molecule has 0 bridgehead atoms. The van der Waals surface area contributed by atoms with Gasteiger partial charge in [0.1, 0.15) is 5.75 Å². The predicted molar refractivity (Wildman–Crippen MR) is 77.5 cm³/mol. The third-order valence-corrected chi connectivity index (χ3v) is 3.48.